The van der Waals surface area contributed by atoms with Gasteiger partial charge in [-0.3, -0.25) is 24.6 Å². The maximum atomic E-state index is 11.7. The zero-order valence-corrected chi connectivity index (χ0v) is 10.8. The van der Waals surface area contributed by atoms with Crippen molar-refractivity contribution < 1.29 is 9.72 Å². The van der Waals surface area contributed by atoms with Crippen LogP contribution in [0, 0.1) is 17.0 Å². The Balaban J connectivity index is 1.92. The van der Waals surface area contributed by atoms with Gasteiger partial charge < -0.3 is 5.32 Å². The van der Waals surface area contributed by atoms with E-state index in [0.717, 1.165) is 0 Å². The molecule has 2 rings (SSSR count). The Hall–Kier alpha value is -2.77. The van der Waals surface area contributed by atoms with Gasteiger partial charge in [0.25, 0.3) is 0 Å². The third kappa shape index (κ3) is 3.16. The zero-order chi connectivity index (χ0) is 14.5. The lowest BCUT2D eigenvalue weighted by atomic mass is 10.3. The Morgan fingerprint density at radius 2 is 2.15 bits per heavy atom. The quantitative estimate of drug-likeness (QED) is 0.658. The fourth-order valence-electron chi connectivity index (χ4n) is 1.71. The predicted octanol–water partition coefficient (Wildman–Crippen LogP) is 1.52. The number of aromatic nitrogens is 3. The third-order valence-corrected chi connectivity index (χ3v) is 2.79. The van der Waals surface area contributed by atoms with Crippen LogP contribution in [-0.2, 0) is 11.3 Å². The molecule has 0 aliphatic heterocycles. The summed E-state index contributed by atoms with van der Waals surface area (Å²) in [7, 11) is 0. The molecule has 20 heavy (non-hydrogen) atoms. The monoisotopic (exact) mass is 275 g/mol. The molecule has 1 N–H and O–H groups in total. The number of rotatable bonds is 5. The van der Waals surface area contributed by atoms with Crippen molar-refractivity contribution >= 4 is 17.3 Å². The summed E-state index contributed by atoms with van der Waals surface area (Å²) in [5.74, 6) is -0.186. The van der Waals surface area contributed by atoms with Crippen molar-refractivity contribution in [2.24, 2.45) is 0 Å². The number of carbonyl (C=O) groups excluding carboxylic acids is 1. The SMILES string of the molecule is Cc1c([N+](=O)[O-])cnn1CCC(=O)Nc1ccncc1. The van der Waals surface area contributed by atoms with Crippen LogP contribution in [0.25, 0.3) is 0 Å². The van der Waals surface area contributed by atoms with E-state index in [1.54, 1.807) is 31.5 Å². The average molecular weight is 275 g/mol. The summed E-state index contributed by atoms with van der Waals surface area (Å²) < 4.78 is 1.45. The van der Waals surface area contributed by atoms with Crippen LogP contribution >= 0.6 is 0 Å². The first-order valence-electron chi connectivity index (χ1n) is 5.94. The molecule has 0 aromatic carbocycles. The summed E-state index contributed by atoms with van der Waals surface area (Å²) in [4.78, 5) is 25.8. The largest absolute Gasteiger partial charge is 0.326 e. The van der Waals surface area contributed by atoms with Crippen molar-refractivity contribution in [3.05, 3.63) is 46.5 Å². The van der Waals surface area contributed by atoms with Crippen LogP contribution in [-0.4, -0.2) is 25.6 Å². The van der Waals surface area contributed by atoms with Gasteiger partial charge in [-0.05, 0) is 19.1 Å². The van der Waals surface area contributed by atoms with Crippen molar-refractivity contribution in [2.45, 2.75) is 19.9 Å². The van der Waals surface area contributed by atoms with E-state index in [2.05, 4.69) is 15.4 Å². The van der Waals surface area contributed by atoms with Crippen LogP contribution in [0.1, 0.15) is 12.1 Å². The smallest absolute Gasteiger partial charge is 0.309 e. The molecule has 0 fully saturated rings. The summed E-state index contributed by atoms with van der Waals surface area (Å²) in [6.07, 6.45) is 4.53. The molecule has 0 saturated carbocycles. The van der Waals surface area contributed by atoms with Gasteiger partial charge in [-0.2, -0.15) is 5.10 Å². The number of aryl methyl sites for hydroxylation is 1. The molecule has 0 saturated heterocycles. The molecule has 104 valence electrons. The minimum Gasteiger partial charge on any atom is -0.326 e. The van der Waals surface area contributed by atoms with Crippen LogP contribution < -0.4 is 5.32 Å². The maximum Gasteiger partial charge on any atom is 0.309 e. The van der Waals surface area contributed by atoms with Gasteiger partial charge >= 0.3 is 5.69 Å². The first kappa shape index (κ1) is 13.7. The number of nitrogens with zero attached hydrogens (tertiary/aromatic N) is 4. The van der Waals surface area contributed by atoms with Gasteiger partial charge in [0.1, 0.15) is 11.9 Å². The Bertz CT molecular complexity index is 623. The minimum absolute atomic E-state index is 0.0421. The fourth-order valence-corrected chi connectivity index (χ4v) is 1.71. The van der Waals surface area contributed by atoms with E-state index in [1.807, 2.05) is 0 Å². The first-order chi connectivity index (χ1) is 9.58. The number of carbonyl (C=O) groups is 1. The number of hydrogen-bond donors (Lipinski definition) is 1. The van der Waals surface area contributed by atoms with Gasteiger partial charge in [0.2, 0.25) is 5.91 Å². The second-order valence-electron chi connectivity index (χ2n) is 4.13. The lowest BCUT2D eigenvalue weighted by Crippen LogP contribution is -2.15. The number of anilines is 1. The van der Waals surface area contributed by atoms with Crippen LogP contribution in [0.3, 0.4) is 0 Å². The van der Waals surface area contributed by atoms with Gasteiger partial charge in [0.15, 0.2) is 0 Å². The molecular formula is C12H13N5O3. The fraction of sp³-hybridized carbons (Fsp3) is 0.250. The van der Waals surface area contributed by atoms with Gasteiger partial charge in [-0.25, -0.2) is 0 Å². The average Bonchev–Trinajstić information content (AvgIpc) is 2.79. The van der Waals surface area contributed by atoms with Crippen LogP contribution in [0.2, 0.25) is 0 Å². The van der Waals surface area contributed by atoms with Crippen molar-refractivity contribution in [2.75, 3.05) is 5.32 Å². The minimum atomic E-state index is -0.490. The summed E-state index contributed by atoms with van der Waals surface area (Å²) in [6.45, 7) is 1.89. The molecule has 2 aromatic heterocycles. The van der Waals surface area contributed by atoms with Gasteiger partial charge in [-0.1, -0.05) is 0 Å². The molecule has 0 spiro atoms. The zero-order valence-electron chi connectivity index (χ0n) is 10.8. The molecule has 0 bridgehead atoms. The van der Waals surface area contributed by atoms with E-state index in [0.29, 0.717) is 11.4 Å². The Kier molecular flexibility index (Phi) is 4.04. The molecule has 1 amide bonds. The summed E-state index contributed by atoms with van der Waals surface area (Å²) in [6, 6.07) is 3.36. The normalized spacial score (nSPS) is 10.2. The maximum absolute atomic E-state index is 11.7. The molecular weight excluding hydrogens is 262 g/mol. The van der Waals surface area contributed by atoms with E-state index in [1.165, 1.54) is 10.9 Å². The van der Waals surface area contributed by atoms with Crippen molar-refractivity contribution in [3.63, 3.8) is 0 Å². The second kappa shape index (κ2) is 5.91. The summed E-state index contributed by atoms with van der Waals surface area (Å²) in [5, 5.41) is 17.3. The van der Waals surface area contributed by atoms with Crippen molar-refractivity contribution in [1.29, 1.82) is 0 Å². The standard InChI is InChI=1S/C12H13N5O3/c1-9-11(17(19)20)8-14-16(9)7-4-12(18)15-10-2-5-13-6-3-10/h2-3,5-6,8H,4,7H2,1H3,(H,13,15,18). The lowest BCUT2D eigenvalue weighted by molar-refractivity contribution is -0.385. The molecule has 0 atom stereocenters. The molecule has 0 radical (unpaired) electrons. The highest BCUT2D eigenvalue weighted by molar-refractivity contribution is 5.90. The number of nitrogens with one attached hydrogen (secondary N) is 1. The van der Waals surface area contributed by atoms with Crippen LogP contribution in [0.15, 0.2) is 30.7 Å². The van der Waals surface area contributed by atoms with Crippen molar-refractivity contribution in [3.8, 4) is 0 Å². The number of nitro groups is 1. The second-order valence-corrected chi connectivity index (χ2v) is 4.13. The number of amides is 1. The third-order valence-electron chi connectivity index (χ3n) is 2.79. The molecule has 0 unspecified atom stereocenters. The van der Waals surface area contributed by atoms with E-state index >= 15 is 0 Å². The molecule has 8 nitrogen and oxygen atoms in total. The molecule has 2 aromatic rings. The molecule has 0 aliphatic rings. The predicted molar refractivity (Wildman–Crippen MR) is 71.1 cm³/mol. The molecule has 8 heteroatoms. The number of pyridine rings is 1. The molecule has 0 aliphatic carbocycles. The molecule has 2 heterocycles. The lowest BCUT2D eigenvalue weighted by Gasteiger charge is -2.05. The Labute approximate surface area is 114 Å². The highest BCUT2D eigenvalue weighted by Crippen LogP contribution is 2.16. The van der Waals surface area contributed by atoms with Gasteiger partial charge in [0, 0.05) is 24.5 Å². The van der Waals surface area contributed by atoms with Crippen molar-refractivity contribution in [1.82, 2.24) is 14.8 Å². The van der Waals surface area contributed by atoms with Gasteiger partial charge in [-0.15, -0.1) is 0 Å². The topological polar surface area (TPSA) is 103 Å². The Morgan fingerprint density at radius 3 is 2.75 bits per heavy atom. The van der Waals surface area contributed by atoms with E-state index in [4.69, 9.17) is 0 Å². The number of hydrogen-bond acceptors (Lipinski definition) is 5. The van der Waals surface area contributed by atoms with Gasteiger partial charge in [0.05, 0.1) is 11.5 Å². The van der Waals surface area contributed by atoms with E-state index in [-0.39, 0.29) is 24.6 Å². The highest BCUT2D eigenvalue weighted by Gasteiger charge is 2.16. The summed E-state index contributed by atoms with van der Waals surface area (Å²) >= 11 is 0. The van der Waals surface area contributed by atoms with E-state index in [9.17, 15) is 14.9 Å². The van der Waals surface area contributed by atoms with Crippen LogP contribution in [0.4, 0.5) is 11.4 Å². The summed E-state index contributed by atoms with van der Waals surface area (Å²) in [5.41, 5.74) is 1.06. The van der Waals surface area contributed by atoms with Crippen LogP contribution in [0.5, 0.6) is 0 Å². The Morgan fingerprint density at radius 1 is 1.45 bits per heavy atom. The highest BCUT2D eigenvalue weighted by atomic mass is 16.6. The van der Waals surface area contributed by atoms with E-state index < -0.39 is 4.92 Å². The first-order valence-corrected chi connectivity index (χ1v) is 5.94.